The number of carbonyl (C=O) groups excluding carboxylic acids is 1. The van der Waals surface area contributed by atoms with Crippen LogP contribution in [0.2, 0.25) is 5.02 Å². The quantitative estimate of drug-likeness (QED) is 0.541. The molecule has 2 aromatic carbocycles. The summed E-state index contributed by atoms with van der Waals surface area (Å²) in [6.07, 6.45) is 3.39. The molecular formula is C19H14ClN5O. The minimum Gasteiger partial charge on any atom is -0.397 e. The number of nitrogens with one attached hydrogen (secondary N) is 1. The van der Waals surface area contributed by atoms with Gasteiger partial charge in [-0.05, 0) is 35.9 Å². The number of nitrogens with zero attached hydrogens (tertiary/aromatic N) is 3. The van der Waals surface area contributed by atoms with Crippen molar-refractivity contribution in [3.63, 3.8) is 0 Å². The van der Waals surface area contributed by atoms with Crippen LogP contribution in [0.5, 0.6) is 0 Å². The Morgan fingerprint density at radius 1 is 1.12 bits per heavy atom. The van der Waals surface area contributed by atoms with Gasteiger partial charge in [-0.3, -0.25) is 4.79 Å². The average Bonchev–Trinajstić information content (AvgIpc) is 3.07. The van der Waals surface area contributed by atoms with Crippen LogP contribution in [-0.2, 0) is 0 Å². The highest BCUT2D eigenvalue weighted by atomic mass is 35.5. The van der Waals surface area contributed by atoms with E-state index in [2.05, 4.69) is 15.4 Å². The van der Waals surface area contributed by atoms with E-state index < -0.39 is 0 Å². The molecule has 3 N–H and O–H groups in total. The summed E-state index contributed by atoms with van der Waals surface area (Å²) in [5, 5.41) is 7.68. The van der Waals surface area contributed by atoms with Crippen molar-refractivity contribution in [2.75, 3.05) is 11.1 Å². The predicted octanol–water partition coefficient (Wildman–Crippen LogP) is 3.88. The lowest BCUT2D eigenvalue weighted by Gasteiger charge is -2.08. The second kappa shape index (κ2) is 6.50. The van der Waals surface area contributed by atoms with Crippen LogP contribution >= 0.6 is 11.6 Å². The Bertz CT molecular complexity index is 1120. The van der Waals surface area contributed by atoms with Crippen molar-refractivity contribution in [1.29, 1.82) is 0 Å². The molecule has 128 valence electrons. The standard InChI is InChI=1S/C19H14ClN5O/c20-13-5-3-4-12(10-13)14-11-22-25-9-8-17(23-18(14)25)19(26)24-16-7-2-1-6-15(16)21/h1-11H,21H2,(H,24,26). The van der Waals surface area contributed by atoms with Gasteiger partial charge in [-0.25, -0.2) is 9.50 Å². The summed E-state index contributed by atoms with van der Waals surface area (Å²) in [5.74, 6) is -0.344. The Kier molecular flexibility index (Phi) is 4.02. The summed E-state index contributed by atoms with van der Waals surface area (Å²) in [5.41, 5.74) is 9.42. The fourth-order valence-electron chi connectivity index (χ4n) is 2.65. The third-order valence-electron chi connectivity index (χ3n) is 3.95. The number of nitrogens with two attached hydrogens (primary N) is 1. The first kappa shape index (κ1) is 16.1. The minimum absolute atomic E-state index is 0.268. The van der Waals surface area contributed by atoms with Gasteiger partial charge >= 0.3 is 0 Å². The molecule has 0 spiro atoms. The van der Waals surface area contributed by atoms with Crippen LogP contribution in [0.4, 0.5) is 11.4 Å². The largest absolute Gasteiger partial charge is 0.397 e. The normalized spacial score (nSPS) is 10.8. The van der Waals surface area contributed by atoms with E-state index in [4.69, 9.17) is 17.3 Å². The molecule has 4 rings (SSSR count). The highest BCUT2D eigenvalue weighted by Gasteiger charge is 2.14. The molecule has 0 bridgehead atoms. The van der Waals surface area contributed by atoms with Gasteiger partial charge in [0, 0.05) is 16.8 Å². The van der Waals surface area contributed by atoms with Gasteiger partial charge in [0.15, 0.2) is 5.65 Å². The first-order valence-electron chi connectivity index (χ1n) is 7.88. The van der Waals surface area contributed by atoms with Crippen molar-refractivity contribution in [3.05, 3.63) is 77.7 Å². The van der Waals surface area contributed by atoms with E-state index in [0.29, 0.717) is 22.0 Å². The molecule has 0 radical (unpaired) electrons. The molecule has 4 aromatic rings. The Hall–Kier alpha value is -3.38. The summed E-state index contributed by atoms with van der Waals surface area (Å²) < 4.78 is 1.61. The summed E-state index contributed by atoms with van der Waals surface area (Å²) in [7, 11) is 0. The van der Waals surface area contributed by atoms with Gasteiger partial charge in [-0.2, -0.15) is 5.10 Å². The van der Waals surface area contributed by atoms with Gasteiger partial charge in [0.25, 0.3) is 5.91 Å². The van der Waals surface area contributed by atoms with Crippen molar-refractivity contribution >= 4 is 34.5 Å². The zero-order valence-corrected chi connectivity index (χ0v) is 14.3. The molecular weight excluding hydrogens is 350 g/mol. The summed E-state index contributed by atoms with van der Waals surface area (Å²) in [6.45, 7) is 0. The topological polar surface area (TPSA) is 85.3 Å². The SMILES string of the molecule is Nc1ccccc1NC(=O)c1ccn2ncc(-c3cccc(Cl)c3)c2n1. The van der Waals surface area contributed by atoms with Gasteiger partial charge < -0.3 is 11.1 Å². The first-order valence-corrected chi connectivity index (χ1v) is 8.26. The average molecular weight is 364 g/mol. The maximum atomic E-state index is 12.6. The molecule has 0 aliphatic heterocycles. The Morgan fingerprint density at radius 2 is 1.96 bits per heavy atom. The fraction of sp³-hybridized carbons (Fsp3) is 0. The number of amides is 1. The third kappa shape index (κ3) is 2.98. The first-order chi connectivity index (χ1) is 12.6. The molecule has 7 heteroatoms. The lowest BCUT2D eigenvalue weighted by atomic mass is 10.1. The summed E-state index contributed by atoms with van der Waals surface area (Å²) in [6, 6.07) is 16.1. The predicted molar refractivity (Wildman–Crippen MR) is 102 cm³/mol. The van der Waals surface area contributed by atoms with E-state index in [1.165, 1.54) is 0 Å². The molecule has 26 heavy (non-hydrogen) atoms. The number of hydrogen-bond acceptors (Lipinski definition) is 4. The number of nitrogen functional groups attached to an aromatic ring is 1. The van der Waals surface area contributed by atoms with E-state index in [0.717, 1.165) is 11.1 Å². The second-order valence-electron chi connectivity index (χ2n) is 5.69. The molecule has 0 atom stereocenters. The molecule has 0 aliphatic carbocycles. The zero-order chi connectivity index (χ0) is 18.1. The number of halogens is 1. The summed E-state index contributed by atoms with van der Waals surface area (Å²) >= 11 is 6.08. The van der Waals surface area contributed by atoms with Crippen LogP contribution in [0, 0.1) is 0 Å². The maximum Gasteiger partial charge on any atom is 0.274 e. The number of benzene rings is 2. The Morgan fingerprint density at radius 3 is 2.77 bits per heavy atom. The van der Waals surface area contributed by atoms with Crippen molar-refractivity contribution in [3.8, 4) is 11.1 Å². The fourth-order valence-corrected chi connectivity index (χ4v) is 2.84. The lowest BCUT2D eigenvalue weighted by Crippen LogP contribution is -2.15. The summed E-state index contributed by atoms with van der Waals surface area (Å²) in [4.78, 5) is 17.0. The van der Waals surface area contributed by atoms with Gasteiger partial charge in [-0.15, -0.1) is 0 Å². The van der Waals surface area contributed by atoms with Crippen molar-refractivity contribution in [2.24, 2.45) is 0 Å². The van der Waals surface area contributed by atoms with Crippen molar-refractivity contribution in [2.45, 2.75) is 0 Å². The molecule has 0 saturated carbocycles. The molecule has 0 fully saturated rings. The van der Waals surface area contributed by atoms with Gasteiger partial charge in [0.05, 0.1) is 17.6 Å². The molecule has 0 aliphatic rings. The molecule has 0 unspecified atom stereocenters. The van der Waals surface area contributed by atoms with Gasteiger partial charge in [-0.1, -0.05) is 35.9 Å². The van der Waals surface area contributed by atoms with Crippen molar-refractivity contribution in [1.82, 2.24) is 14.6 Å². The maximum absolute atomic E-state index is 12.6. The number of aromatic nitrogens is 3. The van der Waals surface area contributed by atoms with E-state index in [1.54, 1.807) is 53.3 Å². The molecule has 6 nitrogen and oxygen atoms in total. The van der Waals surface area contributed by atoms with Crippen LogP contribution < -0.4 is 11.1 Å². The molecule has 2 heterocycles. The number of hydrogen-bond donors (Lipinski definition) is 2. The number of para-hydroxylation sites is 2. The highest BCUT2D eigenvalue weighted by molar-refractivity contribution is 6.30. The van der Waals surface area contributed by atoms with E-state index in [1.807, 2.05) is 18.2 Å². The lowest BCUT2D eigenvalue weighted by molar-refractivity contribution is 0.102. The number of carbonyl (C=O) groups is 1. The number of fused-ring (bicyclic) bond motifs is 1. The number of rotatable bonds is 3. The molecule has 0 saturated heterocycles. The third-order valence-corrected chi connectivity index (χ3v) is 4.18. The molecule has 1 amide bonds. The van der Waals surface area contributed by atoms with Crippen LogP contribution in [-0.4, -0.2) is 20.5 Å². The Labute approximate surface area is 154 Å². The highest BCUT2D eigenvalue weighted by Crippen LogP contribution is 2.26. The number of anilines is 2. The van der Waals surface area contributed by atoms with Gasteiger partial charge in [0.2, 0.25) is 0 Å². The van der Waals surface area contributed by atoms with Crippen LogP contribution in [0.3, 0.4) is 0 Å². The van der Waals surface area contributed by atoms with Gasteiger partial charge in [0.1, 0.15) is 5.69 Å². The van der Waals surface area contributed by atoms with E-state index >= 15 is 0 Å². The van der Waals surface area contributed by atoms with Crippen LogP contribution in [0.25, 0.3) is 16.8 Å². The van der Waals surface area contributed by atoms with Crippen LogP contribution in [0.15, 0.2) is 67.0 Å². The van der Waals surface area contributed by atoms with E-state index in [-0.39, 0.29) is 11.6 Å². The van der Waals surface area contributed by atoms with E-state index in [9.17, 15) is 4.79 Å². The second-order valence-corrected chi connectivity index (χ2v) is 6.13. The van der Waals surface area contributed by atoms with Crippen LogP contribution in [0.1, 0.15) is 10.5 Å². The minimum atomic E-state index is -0.344. The van der Waals surface area contributed by atoms with Crippen molar-refractivity contribution < 1.29 is 4.79 Å². The Balaban J connectivity index is 1.72. The smallest absolute Gasteiger partial charge is 0.274 e. The zero-order valence-electron chi connectivity index (χ0n) is 13.6. The molecule has 2 aromatic heterocycles. The monoisotopic (exact) mass is 363 g/mol.